The molecule has 0 radical (unpaired) electrons. The molecule has 1 aliphatic carbocycles. The van der Waals surface area contributed by atoms with Crippen LogP contribution in [0.2, 0.25) is 0 Å². The number of aliphatic hydroxyl groups is 1. The first-order chi connectivity index (χ1) is 8.18. The first-order valence-electron chi connectivity index (χ1n) is 7.32. The molecular formula is C14H28N2O. The number of rotatable bonds is 4. The zero-order valence-electron chi connectivity index (χ0n) is 11.2. The van der Waals surface area contributed by atoms with Crippen LogP contribution in [0.15, 0.2) is 0 Å². The molecule has 0 aromatic rings. The molecule has 1 unspecified atom stereocenters. The maximum Gasteiger partial charge on any atom is 0.0771 e. The van der Waals surface area contributed by atoms with E-state index in [2.05, 4.69) is 17.6 Å². The smallest absolute Gasteiger partial charge is 0.0771 e. The van der Waals surface area contributed by atoms with Crippen LogP contribution in [0.1, 0.15) is 45.4 Å². The average molecular weight is 240 g/mol. The van der Waals surface area contributed by atoms with Crippen molar-refractivity contribution in [2.75, 3.05) is 26.2 Å². The molecule has 0 bridgehead atoms. The van der Waals surface area contributed by atoms with Gasteiger partial charge in [0.05, 0.1) is 5.60 Å². The van der Waals surface area contributed by atoms with Crippen molar-refractivity contribution in [1.29, 1.82) is 0 Å². The van der Waals surface area contributed by atoms with Crippen molar-refractivity contribution in [3.63, 3.8) is 0 Å². The standard InChI is InChI=1S/C14H28N2O/c1-12-4-6-14(17,7-5-12)11-16-10-13-3-2-8-15-9-13/h12-13,15-17H,2-11H2,1H3. The van der Waals surface area contributed by atoms with E-state index >= 15 is 0 Å². The first-order valence-corrected chi connectivity index (χ1v) is 7.32. The van der Waals surface area contributed by atoms with Crippen LogP contribution in [0.3, 0.4) is 0 Å². The molecule has 1 atom stereocenters. The first kappa shape index (κ1) is 13.3. The summed E-state index contributed by atoms with van der Waals surface area (Å²) in [6, 6.07) is 0. The van der Waals surface area contributed by atoms with E-state index in [4.69, 9.17) is 0 Å². The molecule has 17 heavy (non-hydrogen) atoms. The van der Waals surface area contributed by atoms with Gasteiger partial charge in [0.2, 0.25) is 0 Å². The van der Waals surface area contributed by atoms with Crippen molar-refractivity contribution >= 4 is 0 Å². The fraction of sp³-hybridized carbons (Fsp3) is 1.00. The topological polar surface area (TPSA) is 44.3 Å². The third-order valence-corrected chi connectivity index (χ3v) is 4.49. The van der Waals surface area contributed by atoms with Crippen LogP contribution in [0.5, 0.6) is 0 Å². The van der Waals surface area contributed by atoms with Gasteiger partial charge in [0, 0.05) is 6.54 Å². The highest BCUT2D eigenvalue weighted by Gasteiger charge is 2.31. The third kappa shape index (κ3) is 4.23. The van der Waals surface area contributed by atoms with Gasteiger partial charge in [-0.1, -0.05) is 6.92 Å². The van der Waals surface area contributed by atoms with Crippen LogP contribution >= 0.6 is 0 Å². The maximum absolute atomic E-state index is 10.4. The van der Waals surface area contributed by atoms with Crippen molar-refractivity contribution in [3.8, 4) is 0 Å². The van der Waals surface area contributed by atoms with Crippen LogP contribution in [-0.4, -0.2) is 36.9 Å². The lowest BCUT2D eigenvalue weighted by atomic mass is 9.79. The van der Waals surface area contributed by atoms with Gasteiger partial charge >= 0.3 is 0 Å². The minimum absolute atomic E-state index is 0.422. The predicted octanol–water partition coefficient (Wildman–Crippen LogP) is 1.52. The SMILES string of the molecule is CC1CCC(O)(CNCC2CCCNC2)CC1. The zero-order valence-corrected chi connectivity index (χ0v) is 11.2. The van der Waals surface area contributed by atoms with Gasteiger partial charge < -0.3 is 15.7 Å². The summed E-state index contributed by atoms with van der Waals surface area (Å²) in [6.07, 6.45) is 6.95. The molecule has 0 aromatic heterocycles. The number of hydrogen-bond donors (Lipinski definition) is 3. The molecule has 0 aromatic carbocycles. The molecule has 3 nitrogen and oxygen atoms in total. The van der Waals surface area contributed by atoms with Crippen LogP contribution in [0, 0.1) is 11.8 Å². The van der Waals surface area contributed by atoms with Crippen LogP contribution in [0.4, 0.5) is 0 Å². The quantitative estimate of drug-likeness (QED) is 0.698. The van der Waals surface area contributed by atoms with E-state index in [1.54, 1.807) is 0 Å². The molecule has 0 spiro atoms. The van der Waals surface area contributed by atoms with Gasteiger partial charge in [-0.3, -0.25) is 0 Å². The van der Waals surface area contributed by atoms with E-state index in [0.29, 0.717) is 0 Å². The number of nitrogens with one attached hydrogen (secondary N) is 2. The van der Waals surface area contributed by atoms with Gasteiger partial charge in [-0.05, 0) is 70.0 Å². The minimum Gasteiger partial charge on any atom is -0.389 e. The van der Waals surface area contributed by atoms with Crippen LogP contribution < -0.4 is 10.6 Å². The maximum atomic E-state index is 10.4. The molecule has 2 rings (SSSR count). The highest BCUT2D eigenvalue weighted by molar-refractivity contribution is 4.86. The molecular weight excluding hydrogens is 212 g/mol. The van der Waals surface area contributed by atoms with Crippen molar-refractivity contribution in [3.05, 3.63) is 0 Å². The Morgan fingerprint density at radius 3 is 2.71 bits per heavy atom. The summed E-state index contributed by atoms with van der Waals surface area (Å²) >= 11 is 0. The zero-order chi connectivity index (χ0) is 12.1. The Morgan fingerprint density at radius 2 is 2.06 bits per heavy atom. The molecule has 1 saturated heterocycles. The molecule has 3 N–H and O–H groups in total. The lowest BCUT2D eigenvalue weighted by molar-refractivity contribution is -0.00674. The van der Waals surface area contributed by atoms with Crippen molar-refractivity contribution in [2.24, 2.45) is 11.8 Å². The van der Waals surface area contributed by atoms with E-state index < -0.39 is 5.60 Å². The van der Waals surface area contributed by atoms with E-state index in [0.717, 1.165) is 44.3 Å². The van der Waals surface area contributed by atoms with Gasteiger partial charge in [0.15, 0.2) is 0 Å². The summed E-state index contributed by atoms with van der Waals surface area (Å²) in [7, 11) is 0. The van der Waals surface area contributed by atoms with Gasteiger partial charge in [0.1, 0.15) is 0 Å². The summed E-state index contributed by atoms with van der Waals surface area (Å²) in [6.45, 7) is 6.46. The summed E-state index contributed by atoms with van der Waals surface area (Å²) in [4.78, 5) is 0. The fourth-order valence-corrected chi connectivity index (χ4v) is 3.08. The Morgan fingerprint density at radius 1 is 1.29 bits per heavy atom. The van der Waals surface area contributed by atoms with Crippen LogP contribution in [-0.2, 0) is 0 Å². The Balaban J connectivity index is 1.63. The summed E-state index contributed by atoms with van der Waals surface area (Å²) in [5.41, 5.74) is -0.422. The van der Waals surface area contributed by atoms with Crippen molar-refractivity contribution < 1.29 is 5.11 Å². The lowest BCUT2D eigenvalue weighted by Crippen LogP contribution is -2.45. The molecule has 1 aliphatic heterocycles. The van der Waals surface area contributed by atoms with E-state index in [1.807, 2.05) is 0 Å². The van der Waals surface area contributed by atoms with E-state index in [9.17, 15) is 5.11 Å². The highest BCUT2D eigenvalue weighted by atomic mass is 16.3. The molecule has 2 fully saturated rings. The van der Waals surface area contributed by atoms with Crippen molar-refractivity contribution in [1.82, 2.24) is 10.6 Å². The molecule has 0 amide bonds. The van der Waals surface area contributed by atoms with Gasteiger partial charge in [-0.2, -0.15) is 0 Å². The highest BCUT2D eigenvalue weighted by Crippen LogP contribution is 2.31. The number of piperidine rings is 1. The van der Waals surface area contributed by atoms with E-state index in [-0.39, 0.29) is 0 Å². The summed E-state index contributed by atoms with van der Waals surface area (Å²) in [5.74, 6) is 1.56. The predicted molar refractivity (Wildman–Crippen MR) is 71.0 cm³/mol. The molecule has 1 saturated carbocycles. The second kappa shape index (κ2) is 6.17. The Bertz CT molecular complexity index is 218. The van der Waals surface area contributed by atoms with Crippen LogP contribution in [0.25, 0.3) is 0 Å². The Hall–Kier alpha value is -0.120. The Labute approximate surface area is 105 Å². The molecule has 1 heterocycles. The second-order valence-electron chi connectivity index (χ2n) is 6.25. The van der Waals surface area contributed by atoms with E-state index in [1.165, 1.54) is 32.2 Å². The minimum atomic E-state index is -0.422. The van der Waals surface area contributed by atoms with Gasteiger partial charge in [0.25, 0.3) is 0 Å². The largest absolute Gasteiger partial charge is 0.389 e. The molecule has 2 aliphatic rings. The van der Waals surface area contributed by atoms with Gasteiger partial charge in [-0.15, -0.1) is 0 Å². The summed E-state index contributed by atoms with van der Waals surface area (Å²) < 4.78 is 0. The summed E-state index contributed by atoms with van der Waals surface area (Å²) in [5, 5.41) is 17.4. The average Bonchev–Trinajstić information content (AvgIpc) is 2.35. The molecule has 3 heteroatoms. The van der Waals surface area contributed by atoms with Crippen molar-refractivity contribution in [2.45, 2.75) is 51.0 Å². The second-order valence-corrected chi connectivity index (χ2v) is 6.25. The molecule has 100 valence electrons. The Kier molecular flexibility index (Phi) is 4.83. The third-order valence-electron chi connectivity index (χ3n) is 4.49. The fourth-order valence-electron chi connectivity index (χ4n) is 3.08. The monoisotopic (exact) mass is 240 g/mol. The lowest BCUT2D eigenvalue weighted by Gasteiger charge is -2.35. The number of hydrogen-bond acceptors (Lipinski definition) is 3. The normalized spacial score (nSPS) is 39.2. The van der Waals surface area contributed by atoms with Gasteiger partial charge in [-0.25, -0.2) is 0 Å².